The van der Waals surface area contributed by atoms with E-state index in [0.29, 0.717) is 24.1 Å². The summed E-state index contributed by atoms with van der Waals surface area (Å²) in [4.78, 5) is 4.18. The van der Waals surface area contributed by atoms with Crippen molar-refractivity contribution in [1.82, 2.24) is 25.4 Å². The molecule has 0 aliphatic carbocycles. The van der Waals surface area contributed by atoms with Gasteiger partial charge in [0.05, 0.1) is 17.6 Å². The molecule has 0 saturated heterocycles. The van der Waals surface area contributed by atoms with Gasteiger partial charge in [-0.05, 0) is 12.8 Å². The lowest BCUT2D eigenvalue weighted by Crippen LogP contribution is -2.19. The third-order valence-corrected chi connectivity index (χ3v) is 4.24. The van der Waals surface area contributed by atoms with Gasteiger partial charge >= 0.3 is 0 Å². The zero-order valence-electron chi connectivity index (χ0n) is 11.8. The Kier molecular flexibility index (Phi) is 4.48. The van der Waals surface area contributed by atoms with Crippen molar-refractivity contribution in [2.45, 2.75) is 38.3 Å². The highest BCUT2D eigenvalue weighted by atomic mass is 32.2. The minimum atomic E-state index is -3.87. The number of rotatable bonds is 6. The number of nitrogens with zero attached hydrogens (tertiary/aromatic N) is 4. The van der Waals surface area contributed by atoms with Crippen molar-refractivity contribution < 1.29 is 8.42 Å². The van der Waals surface area contributed by atoms with E-state index in [1.54, 1.807) is 0 Å². The van der Waals surface area contributed by atoms with Gasteiger partial charge in [0.1, 0.15) is 0 Å². The van der Waals surface area contributed by atoms with Crippen molar-refractivity contribution >= 4 is 16.0 Å². The largest absolute Gasteiger partial charge is 0.326 e. The minimum absolute atomic E-state index is 0.0564. The summed E-state index contributed by atoms with van der Waals surface area (Å²) in [5.74, 6) is -0.0679. The Labute approximate surface area is 122 Å². The average Bonchev–Trinajstić information content (AvgIpc) is 2.96. The number of aromatic nitrogens is 5. The van der Waals surface area contributed by atoms with Crippen LogP contribution in [0.2, 0.25) is 0 Å². The molecule has 9 nitrogen and oxygen atoms in total. The number of hydrogen-bond acceptors (Lipinski definition) is 7. The number of H-pyrrole nitrogens is 1. The van der Waals surface area contributed by atoms with E-state index in [0.717, 1.165) is 5.69 Å². The van der Waals surface area contributed by atoms with Gasteiger partial charge in [-0.3, -0.25) is 5.10 Å². The van der Waals surface area contributed by atoms with Gasteiger partial charge in [0.2, 0.25) is 0 Å². The Morgan fingerprint density at radius 3 is 2.57 bits per heavy atom. The SMILES string of the molecule is CCc1nnc(NS(=O)(=O)c2[nH]ncc2CN)nc1CC. The first-order valence-electron chi connectivity index (χ1n) is 6.49. The fraction of sp³-hybridized carbons (Fsp3) is 0.455. The lowest BCUT2D eigenvalue weighted by atomic mass is 10.2. The van der Waals surface area contributed by atoms with Crippen LogP contribution in [0.25, 0.3) is 0 Å². The number of nitrogens with two attached hydrogens (primary N) is 1. The fourth-order valence-corrected chi connectivity index (χ4v) is 2.91. The van der Waals surface area contributed by atoms with Gasteiger partial charge in [-0.25, -0.2) is 9.71 Å². The second-order valence-corrected chi connectivity index (χ2v) is 5.89. The molecule has 0 aromatic carbocycles. The summed E-state index contributed by atoms with van der Waals surface area (Å²) in [6, 6.07) is 0. The molecule has 4 N–H and O–H groups in total. The molecular formula is C11H17N7O2S. The lowest BCUT2D eigenvalue weighted by molar-refractivity contribution is 0.595. The highest BCUT2D eigenvalue weighted by molar-refractivity contribution is 7.92. The van der Waals surface area contributed by atoms with Crippen molar-refractivity contribution in [3.05, 3.63) is 23.1 Å². The van der Waals surface area contributed by atoms with Gasteiger partial charge in [-0.1, -0.05) is 13.8 Å². The summed E-state index contributed by atoms with van der Waals surface area (Å²) in [6.45, 7) is 3.91. The van der Waals surface area contributed by atoms with Crippen LogP contribution in [-0.4, -0.2) is 33.8 Å². The number of anilines is 1. The van der Waals surface area contributed by atoms with Crippen LogP contribution in [0.5, 0.6) is 0 Å². The van der Waals surface area contributed by atoms with E-state index >= 15 is 0 Å². The van der Waals surface area contributed by atoms with Gasteiger partial charge in [0.15, 0.2) is 5.03 Å². The molecule has 0 bridgehead atoms. The first-order chi connectivity index (χ1) is 10.0. The van der Waals surface area contributed by atoms with Crippen molar-refractivity contribution in [2.75, 3.05) is 4.72 Å². The van der Waals surface area contributed by atoms with Crippen LogP contribution >= 0.6 is 0 Å². The van der Waals surface area contributed by atoms with Crippen LogP contribution in [0.15, 0.2) is 11.2 Å². The third-order valence-electron chi connectivity index (χ3n) is 2.90. The molecule has 0 amide bonds. The van der Waals surface area contributed by atoms with Crippen molar-refractivity contribution in [3.8, 4) is 0 Å². The second kappa shape index (κ2) is 6.14. The van der Waals surface area contributed by atoms with Gasteiger partial charge in [-0.15, -0.1) is 10.2 Å². The monoisotopic (exact) mass is 311 g/mol. The molecule has 2 aromatic heterocycles. The average molecular weight is 311 g/mol. The topological polar surface area (TPSA) is 140 Å². The Bertz CT molecular complexity index is 726. The predicted octanol–water partition coefficient (Wildman–Crippen LogP) is -0.0210. The second-order valence-electron chi connectivity index (χ2n) is 4.27. The van der Waals surface area contributed by atoms with Crippen LogP contribution < -0.4 is 10.5 Å². The van der Waals surface area contributed by atoms with E-state index in [1.807, 2.05) is 13.8 Å². The minimum Gasteiger partial charge on any atom is -0.326 e. The van der Waals surface area contributed by atoms with Gasteiger partial charge in [-0.2, -0.15) is 13.5 Å². The molecule has 2 heterocycles. The summed E-state index contributed by atoms with van der Waals surface area (Å²) < 4.78 is 26.8. The van der Waals surface area contributed by atoms with Gasteiger partial charge in [0, 0.05) is 12.1 Å². The summed E-state index contributed by atoms with van der Waals surface area (Å²) in [7, 11) is -3.87. The van der Waals surface area contributed by atoms with Crippen molar-refractivity contribution in [1.29, 1.82) is 0 Å². The Balaban J connectivity index is 2.33. The van der Waals surface area contributed by atoms with E-state index in [9.17, 15) is 8.42 Å². The predicted molar refractivity (Wildman–Crippen MR) is 75.9 cm³/mol. The lowest BCUT2D eigenvalue weighted by Gasteiger charge is -2.08. The maximum Gasteiger partial charge on any atom is 0.281 e. The normalized spacial score (nSPS) is 11.6. The van der Waals surface area contributed by atoms with E-state index in [2.05, 4.69) is 30.1 Å². The number of sulfonamides is 1. The number of aryl methyl sites for hydroxylation is 2. The number of nitrogens with one attached hydrogen (secondary N) is 2. The molecule has 0 aliphatic heterocycles. The smallest absolute Gasteiger partial charge is 0.281 e. The highest BCUT2D eigenvalue weighted by Gasteiger charge is 2.22. The molecule has 114 valence electrons. The van der Waals surface area contributed by atoms with E-state index in [1.165, 1.54) is 6.20 Å². The molecule has 0 aliphatic rings. The Morgan fingerprint density at radius 1 is 1.24 bits per heavy atom. The summed E-state index contributed by atoms with van der Waals surface area (Å²) in [5, 5.41) is 13.8. The highest BCUT2D eigenvalue weighted by Crippen LogP contribution is 2.15. The van der Waals surface area contributed by atoms with Gasteiger partial charge < -0.3 is 5.73 Å². The fourth-order valence-electron chi connectivity index (χ4n) is 1.83. The van der Waals surface area contributed by atoms with Crippen LogP contribution in [0.3, 0.4) is 0 Å². The molecule has 0 spiro atoms. The molecule has 0 atom stereocenters. The van der Waals surface area contributed by atoms with Crippen molar-refractivity contribution in [3.63, 3.8) is 0 Å². The molecule has 0 radical (unpaired) electrons. The summed E-state index contributed by atoms with van der Waals surface area (Å²) >= 11 is 0. The number of aromatic amines is 1. The summed E-state index contributed by atoms with van der Waals surface area (Å²) in [6.07, 6.45) is 2.70. The first kappa shape index (κ1) is 15.3. The molecule has 0 fully saturated rings. The molecule has 2 aromatic rings. The van der Waals surface area contributed by atoms with E-state index < -0.39 is 10.0 Å². The third kappa shape index (κ3) is 3.16. The summed E-state index contributed by atoms with van der Waals surface area (Å²) in [5.41, 5.74) is 7.33. The molecular weight excluding hydrogens is 294 g/mol. The molecule has 0 saturated carbocycles. The van der Waals surface area contributed by atoms with Crippen LogP contribution in [-0.2, 0) is 29.4 Å². The van der Waals surface area contributed by atoms with E-state index in [-0.39, 0.29) is 17.5 Å². The Hall–Kier alpha value is -2.07. The maximum absolute atomic E-state index is 12.3. The van der Waals surface area contributed by atoms with Crippen LogP contribution in [0, 0.1) is 0 Å². The van der Waals surface area contributed by atoms with Crippen molar-refractivity contribution in [2.24, 2.45) is 5.73 Å². The molecule has 0 unspecified atom stereocenters. The zero-order valence-corrected chi connectivity index (χ0v) is 12.6. The van der Waals surface area contributed by atoms with Gasteiger partial charge in [0.25, 0.3) is 16.0 Å². The quantitative estimate of drug-likeness (QED) is 0.681. The van der Waals surface area contributed by atoms with Crippen LogP contribution in [0.1, 0.15) is 30.8 Å². The Morgan fingerprint density at radius 2 is 1.95 bits per heavy atom. The zero-order chi connectivity index (χ0) is 15.5. The molecule has 10 heteroatoms. The first-order valence-corrected chi connectivity index (χ1v) is 7.97. The molecule has 2 rings (SSSR count). The van der Waals surface area contributed by atoms with E-state index in [4.69, 9.17) is 5.73 Å². The van der Waals surface area contributed by atoms with Crippen LogP contribution in [0.4, 0.5) is 5.95 Å². The number of hydrogen-bond donors (Lipinski definition) is 3. The maximum atomic E-state index is 12.3. The standard InChI is InChI=1S/C11H17N7O2S/c1-3-8-9(4-2)15-17-11(14-8)18-21(19,20)10-7(5-12)6-13-16-10/h6H,3-5,12H2,1-2H3,(H,13,16)(H,14,17,18). The molecule has 21 heavy (non-hydrogen) atoms.